The monoisotopic (exact) mass is 471 g/mol. The van der Waals surface area contributed by atoms with E-state index < -0.39 is 14.6 Å². The zero-order valence-corrected chi connectivity index (χ0v) is 19.9. The standard InChI is InChI=1S/C23H29N5O4S/c1-14-12-32-11-10-28(14)21-18-13-33(30,31)23(2,3)19(18)26-20(27-21)15-4-6-16(7-5-15)24-22(29)25-17-8-9-17/h4-7,14,17H,8-13H2,1-3H3,(H2,24,25,29)/t14-/m0/s1. The lowest BCUT2D eigenvalue weighted by atomic mass is 10.0. The van der Waals surface area contributed by atoms with Gasteiger partial charge in [0.05, 0.1) is 30.7 Å². The summed E-state index contributed by atoms with van der Waals surface area (Å²) in [5.74, 6) is 1.08. The van der Waals surface area contributed by atoms with Gasteiger partial charge in [-0.25, -0.2) is 23.2 Å². The summed E-state index contributed by atoms with van der Waals surface area (Å²) in [5, 5.41) is 5.73. The van der Waals surface area contributed by atoms with E-state index in [1.165, 1.54) is 0 Å². The zero-order valence-electron chi connectivity index (χ0n) is 19.1. The molecule has 10 heteroatoms. The van der Waals surface area contributed by atoms with Crippen molar-refractivity contribution < 1.29 is 17.9 Å². The van der Waals surface area contributed by atoms with Crippen molar-refractivity contribution in [2.75, 3.05) is 30.0 Å². The molecule has 1 atom stereocenters. The summed E-state index contributed by atoms with van der Waals surface area (Å²) in [6.45, 7) is 7.25. The molecule has 0 radical (unpaired) electrons. The van der Waals surface area contributed by atoms with E-state index in [0.29, 0.717) is 48.3 Å². The highest BCUT2D eigenvalue weighted by Crippen LogP contribution is 2.44. The Morgan fingerprint density at radius 3 is 2.58 bits per heavy atom. The number of carbonyl (C=O) groups excluding carboxylic acids is 1. The highest BCUT2D eigenvalue weighted by atomic mass is 32.2. The van der Waals surface area contributed by atoms with E-state index in [0.717, 1.165) is 18.4 Å². The number of urea groups is 1. The van der Waals surface area contributed by atoms with Crippen LogP contribution < -0.4 is 15.5 Å². The minimum Gasteiger partial charge on any atom is -0.377 e. The van der Waals surface area contributed by atoms with E-state index in [2.05, 4.69) is 22.5 Å². The summed E-state index contributed by atoms with van der Waals surface area (Å²) < 4.78 is 30.4. The molecule has 2 N–H and O–H groups in total. The smallest absolute Gasteiger partial charge is 0.319 e. The minimum absolute atomic E-state index is 0.0615. The fourth-order valence-corrected chi connectivity index (χ4v) is 5.78. The Morgan fingerprint density at radius 1 is 1.18 bits per heavy atom. The largest absolute Gasteiger partial charge is 0.377 e. The van der Waals surface area contributed by atoms with Crippen molar-refractivity contribution in [1.29, 1.82) is 0 Å². The number of rotatable bonds is 4. The number of ether oxygens (including phenoxy) is 1. The minimum atomic E-state index is -3.40. The molecule has 1 aromatic carbocycles. The Hall–Kier alpha value is -2.72. The van der Waals surface area contributed by atoms with Gasteiger partial charge in [-0.15, -0.1) is 0 Å². The molecule has 2 fully saturated rings. The Morgan fingerprint density at radius 2 is 1.91 bits per heavy atom. The number of morpholine rings is 1. The lowest BCUT2D eigenvalue weighted by Crippen LogP contribution is -2.44. The summed E-state index contributed by atoms with van der Waals surface area (Å²) in [6, 6.07) is 7.44. The lowest BCUT2D eigenvalue weighted by Gasteiger charge is -2.35. The van der Waals surface area contributed by atoms with Crippen molar-refractivity contribution in [2.45, 2.75) is 56.2 Å². The molecule has 0 spiro atoms. The van der Waals surface area contributed by atoms with Crippen molar-refractivity contribution in [3.05, 3.63) is 35.5 Å². The molecule has 2 amide bonds. The fourth-order valence-electron chi connectivity index (χ4n) is 4.31. The number of amides is 2. The van der Waals surface area contributed by atoms with Crippen molar-refractivity contribution >= 4 is 27.4 Å². The number of fused-ring (bicyclic) bond motifs is 1. The topological polar surface area (TPSA) is 114 Å². The van der Waals surface area contributed by atoms with Crippen LogP contribution in [0.4, 0.5) is 16.3 Å². The third-order valence-electron chi connectivity index (χ3n) is 6.62. The molecule has 1 saturated heterocycles. The second-order valence-electron chi connectivity index (χ2n) is 9.53. The first-order valence-electron chi connectivity index (χ1n) is 11.3. The zero-order chi connectivity index (χ0) is 23.4. The van der Waals surface area contributed by atoms with Crippen LogP contribution in [-0.4, -0.2) is 56.3 Å². The van der Waals surface area contributed by atoms with Crippen LogP contribution in [0.25, 0.3) is 11.4 Å². The second kappa shape index (κ2) is 7.95. The predicted molar refractivity (Wildman–Crippen MR) is 126 cm³/mol. The summed E-state index contributed by atoms with van der Waals surface area (Å²) in [7, 11) is -3.40. The van der Waals surface area contributed by atoms with Gasteiger partial charge in [-0.05, 0) is 57.9 Å². The first-order valence-corrected chi connectivity index (χ1v) is 13.0. The fraction of sp³-hybridized carbons (Fsp3) is 0.522. The van der Waals surface area contributed by atoms with Crippen LogP contribution in [0.1, 0.15) is 44.9 Å². The van der Waals surface area contributed by atoms with Crippen LogP contribution in [0.15, 0.2) is 24.3 Å². The van der Waals surface area contributed by atoms with Crippen LogP contribution >= 0.6 is 0 Å². The Bertz CT molecular complexity index is 1190. The van der Waals surface area contributed by atoms with Gasteiger partial charge in [0.1, 0.15) is 10.6 Å². The molecule has 176 valence electrons. The number of nitrogens with one attached hydrogen (secondary N) is 2. The molecule has 1 saturated carbocycles. The number of benzene rings is 1. The third kappa shape index (κ3) is 4.06. The maximum absolute atomic E-state index is 13.0. The summed E-state index contributed by atoms with van der Waals surface area (Å²) in [6.07, 6.45) is 2.05. The van der Waals surface area contributed by atoms with Crippen LogP contribution in [0.5, 0.6) is 0 Å². The number of carbonyl (C=O) groups is 1. The highest BCUT2D eigenvalue weighted by Gasteiger charge is 2.48. The van der Waals surface area contributed by atoms with E-state index in [1.807, 2.05) is 12.1 Å². The molecule has 1 aliphatic carbocycles. The molecule has 0 bridgehead atoms. The van der Waals surface area contributed by atoms with Crippen LogP contribution in [0.3, 0.4) is 0 Å². The van der Waals surface area contributed by atoms with Crippen molar-refractivity contribution in [3.8, 4) is 11.4 Å². The van der Waals surface area contributed by atoms with Crippen LogP contribution in [0, 0.1) is 0 Å². The number of aromatic nitrogens is 2. The Kier molecular flexibility index (Phi) is 5.32. The van der Waals surface area contributed by atoms with E-state index in [4.69, 9.17) is 14.7 Å². The second-order valence-corrected chi connectivity index (χ2v) is 12.1. The first-order chi connectivity index (χ1) is 15.7. The average molecular weight is 472 g/mol. The summed E-state index contributed by atoms with van der Waals surface area (Å²) in [5.41, 5.74) is 2.68. The van der Waals surface area contributed by atoms with E-state index in [-0.39, 0.29) is 23.9 Å². The van der Waals surface area contributed by atoms with Crippen LogP contribution in [0.2, 0.25) is 0 Å². The molecule has 2 aromatic rings. The van der Waals surface area contributed by atoms with Gasteiger partial charge >= 0.3 is 6.03 Å². The van der Waals surface area contributed by atoms with Gasteiger partial charge in [0.2, 0.25) is 0 Å². The first kappa shape index (κ1) is 22.1. The predicted octanol–water partition coefficient (Wildman–Crippen LogP) is 2.82. The summed E-state index contributed by atoms with van der Waals surface area (Å²) in [4.78, 5) is 23.7. The number of hydrogen-bond donors (Lipinski definition) is 2. The maximum atomic E-state index is 13.0. The Balaban J connectivity index is 1.51. The molecule has 9 nitrogen and oxygen atoms in total. The van der Waals surface area contributed by atoms with Gasteiger partial charge in [0.25, 0.3) is 0 Å². The molecule has 2 aliphatic heterocycles. The quantitative estimate of drug-likeness (QED) is 0.705. The normalized spacial score (nSPS) is 23.1. The van der Waals surface area contributed by atoms with E-state index in [1.54, 1.807) is 26.0 Å². The van der Waals surface area contributed by atoms with Gasteiger partial charge < -0.3 is 20.3 Å². The maximum Gasteiger partial charge on any atom is 0.319 e. The third-order valence-corrected chi connectivity index (χ3v) is 9.04. The molecule has 3 aliphatic rings. The molecular formula is C23H29N5O4S. The molecule has 1 aromatic heterocycles. The van der Waals surface area contributed by atoms with Crippen molar-refractivity contribution in [1.82, 2.24) is 15.3 Å². The van der Waals surface area contributed by atoms with Gasteiger partial charge in [0.15, 0.2) is 15.7 Å². The Labute approximate surface area is 193 Å². The van der Waals surface area contributed by atoms with Crippen molar-refractivity contribution in [2.24, 2.45) is 0 Å². The number of hydrogen-bond acceptors (Lipinski definition) is 7. The summed E-state index contributed by atoms with van der Waals surface area (Å²) >= 11 is 0. The van der Waals surface area contributed by atoms with Gasteiger partial charge in [-0.1, -0.05) is 0 Å². The highest BCUT2D eigenvalue weighted by molar-refractivity contribution is 7.91. The molecule has 0 unspecified atom stereocenters. The lowest BCUT2D eigenvalue weighted by molar-refractivity contribution is 0.0984. The van der Waals surface area contributed by atoms with E-state index in [9.17, 15) is 13.2 Å². The molecular weight excluding hydrogens is 442 g/mol. The average Bonchev–Trinajstić information content (AvgIpc) is 3.55. The number of sulfone groups is 1. The van der Waals surface area contributed by atoms with Crippen molar-refractivity contribution in [3.63, 3.8) is 0 Å². The van der Waals surface area contributed by atoms with Gasteiger partial charge in [-0.2, -0.15) is 0 Å². The van der Waals surface area contributed by atoms with Gasteiger partial charge in [0, 0.05) is 29.4 Å². The van der Waals surface area contributed by atoms with E-state index >= 15 is 0 Å². The number of anilines is 2. The van der Waals surface area contributed by atoms with Crippen LogP contribution in [-0.2, 0) is 25.1 Å². The molecule has 5 rings (SSSR count). The van der Waals surface area contributed by atoms with Gasteiger partial charge in [-0.3, -0.25) is 0 Å². The SMILES string of the molecule is C[C@H]1COCCN1c1nc(-c2ccc(NC(=O)NC3CC3)cc2)nc2c1CS(=O)(=O)C2(C)C. The number of nitrogens with zero attached hydrogens (tertiary/aromatic N) is 3. The molecule has 33 heavy (non-hydrogen) atoms. The molecule has 3 heterocycles.